The zero-order valence-electron chi connectivity index (χ0n) is 19.3. The number of ketones is 2. The molecule has 0 aliphatic heterocycles. The number of hydrogen-bond donors (Lipinski definition) is 0. The molecule has 0 aliphatic rings. The molecule has 0 saturated carbocycles. The van der Waals surface area contributed by atoms with Crippen LogP contribution in [0.1, 0.15) is 44.7 Å². The third-order valence-electron chi connectivity index (χ3n) is 5.30. The lowest BCUT2D eigenvalue weighted by molar-refractivity contribution is -0.140. The van der Waals surface area contributed by atoms with Crippen molar-refractivity contribution in [2.45, 2.75) is 12.8 Å². The fraction of sp³-hybridized carbons (Fsp3) is 0.0667. The molecule has 0 radical (unpaired) electrons. The van der Waals surface area contributed by atoms with Gasteiger partial charge in [0.2, 0.25) is 0 Å². The summed E-state index contributed by atoms with van der Waals surface area (Å²) >= 11 is 0. The highest BCUT2D eigenvalue weighted by Crippen LogP contribution is 2.18. The monoisotopic (exact) mass is 478 g/mol. The molecule has 4 rings (SSSR count). The first-order valence-electron chi connectivity index (χ1n) is 11.3. The molecule has 0 bridgehead atoms. The average molecular weight is 479 g/mol. The van der Waals surface area contributed by atoms with E-state index in [-0.39, 0.29) is 35.9 Å². The maximum atomic E-state index is 12.4. The van der Waals surface area contributed by atoms with E-state index in [1.807, 2.05) is 12.1 Å². The van der Waals surface area contributed by atoms with Crippen molar-refractivity contribution in [3.63, 3.8) is 0 Å². The van der Waals surface area contributed by atoms with Crippen LogP contribution >= 0.6 is 0 Å². The van der Waals surface area contributed by atoms with Crippen LogP contribution in [0.15, 0.2) is 109 Å². The van der Waals surface area contributed by atoms with Crippen LogP contribution in [0.25, 0.3) is 0 Å². The number of benzene rings is 4. The highest BCUT2D eigenvalue weighted by Gasteiger charge is 2.14. The molecule has 0 spiro atoms. The van der Waals surface area contributed by atoms with Crippen molar-refractivity contribution in [2.24, 2.45) is 0 Å². The molecular formula is C30H22O6. The summed E-state index contributed by atoms with van der Waals surface area (Å²) in [5.41, 5.74) is 2.08. The lowest BCUT2D eigenvalue weighted by atomic mass is 10.0. The van der Waals surface area contributed by atoms with E-state index in [9.17, 15) is 19.2 Å². The number of rotatable bonds is 9. The Kier molecular flexibility index (Phi) is 7.78. The van der Waals surface area contributed by atoms with Crippen LogP contribution < -0.4 is 9.47 Å². The predicted octanol–water partition coefficient (Wildman–Crippen LogP) is 5.44. The molecule has 0 heterocycles. The Labute approximate surface area is 208 Å². The van der Waals surface area contributed by atoms with Gasteiger partial charge in [0.05, 0.1) is 12.8 Å². The lowest BCUT2D eigenvalue weighted by Gasteiger charge is -2.07. The van der Waals surface area contributed by atoms with Gasteiger partial charge in [-0.05, 0) is 48.5 Å². The van der Waals surface area contributed by atoms with Crippen LogP contribution in [0.5, 0.6) is 11.5 Å². The van der Waals surface area contributed by atoms with Crippen molar-refractivity contribution in [1.82, 2.24) is 0 Å². The fourth-order valence-corrected chi connectivity index (χ4v) is 3.43. The van der Waals surface area contributed by atoms with Gasteiger partial charge in [-0.3, -0.25) is 19.2 Å². The van der Waals surface area contributed by atoms with Gasteiger partial charge in [-0.1, -0.05) is 60.7 Å². The third-order valence-corrected chi connectivity index (χ3v) is 5.30. The van der Waals surface area contributed by atoms with E-state index in [0.29, 0.717) is 22.3 Å². The summed E-state index contributed by atoms with van der Waals surface area (Å²) in [4.78, 5) is 49.2. The van der Waals surface area contributed by atoms with Crippen molar-refractivity contribution in [3.8, 4) is 11.5 Å². The molecule has 6 nitrogen and oxygen atoms in total. The molecule has 0 fully saturated rings. The number of carbonyl (C=O) groups is 4. The molecule has 0 unspecified atom stereocenters. The summed E-state index contributed by atoms with van der Waals surface area (Å²) in [7, 11) is 0. The number of carbonyl (C=O) groups excluding carboxylic acids is 4. The van der Waals surface area contributed by atoms with Crippen molar-refractivity contribution < 1.29 is 28.7 Å². The normalized spacial score (nSPS) is 10.3. The summed E-state index contributed by atoms with van der Waals surface area (Å²) in [5.74, 6) is -0.911. The molecule has 0 saturated heterocycles. The standard InChI is InChI=1S/C30H22O6/c31-27(35-25-15-11-23(12-16-25)29(33)21-7-3-1-4-8-21)19-20-28(32)36-26-17-13-24(14-18-26)30(34)22-9-5-2-6-10-22/h1-18H,19-20H2. The second kappa shape index (κ2) is 11.5. The molecule has 0 amide bonds. The summed E-state index contributed by atoms with van der Waals surface area (Å²) in [5, 5.41) is 0. The van der Waals surface area contributed by atoms with E-state index in [0.717, 1.165) is 0 Å². The van der Waals surface area contributed by atoms with Crippen molar-refractivity contribution in [1.29, 1.82) is 0 Å². The van der Waals surface area contributed by atoms with E-state index in [4.69, 9.17) is 9.47 Å². The SMILES string of the molecule is O=C(CCC(=O)Oc1ccc(C(=O)c2ccccc2)cc1)Oc1ccc(C(=O)c2ccccc2)cc1. The lowest BCUT2D eigenvalue weighted by Crippen LogP contribution is -2.14. The molecule has 4 aromatic carbocycles. The molecule has 0 aliphatic carbocycles. The van der Waals surface area contributed by atoms with Gasteiger partial charge in [0, 0.05) is 22.3 Å². The Morgan fingerprint density at radius 2 is 0.722 bits per heavy atom. The van der Waals surface area contributed by atoms with Crippen molar-refractivity contribution in [3.05, 3.63) is 131 Å². The summed E-state index contributed by atoms with van der Waals surface area (Å²) < 4.78 is 10.5. The minimum absolute atomic E-state index is 0.131. The maximum Gasteiger partial charge on any atom is 0.311 e. The van der Waals surface area contributed by atoms with Crippen LogP contribution in [0.4, 0.5) is 0 Å². The van der Waals surface area contributed by atoms with Crippen molar-refractivity contribution >= 4 is 23.5 Å². The Hall–Kier alpha value is -4.84. The van der Waals surface area contributed by atoms with Gasteiger partial charge in [-0.25, -0.2) is 0 Å². The molecule has 36 heavy (non-hydrogen) atoms. The second-order valence-electron chi connectivity index (χ2n) is 7.89. The molecule has 4 aromatic rings. The summed E-state index contributed by atoms with van der Waals surface area (Å²) in [6.45, 7) is 0. The first-order valence-corrected chi connectivity index (χ1v) is 11.3. The van der Waals surface area contributed by atoms with Gasteiger partial charge in [0.15, 0.2) is 11.6 Å². The molecule has 178 valence electrons. The molecule has 0 aromatic heterocycles. The molecule has 0 atom stereocenters. The van der Waals surface area contributed by atoms with Crippen LogP contribution in [-0.2, 0) is 9.59 Å². The smallest absolute Gasteiger partial charge is 0.311 e. The number of ether oxygens (including phenoxy) is 2. The Balaban J connectivity index is 1.24. The van der Waals surface area contributed by atoms with Crippen molar-refractivity contribution in [2.75, 3.05) is 0 Å². The summed E-state index contributed by atoms with van der Waals surface area (Å²) in [6, 6.07) is 30.2. The zero-order valence-corrected chi connectivity index (χ0v) is 19.3. The molecule has 0 N–H and O–H groups in total. The fourth-order valence-electron chi connectivity index (χ4n) is 3.43. The molecule has 6 heteroatoms. The van der Waals surface area contributed by atoms with E-state index in [2.05, 4.69) is 0 Å². The van der Waals surface area contributed by atoms with Crippen LogP contribution in [0.3, 0.4) is 0 Å². The minimum Gasteiger partial charge on any atom is -0.427 e. The number of esters is 2. The maximum absolute atomic E-state index is 12.4. The highest BCUT2D eigenvalue weighted by molar-refractivity contribution is 6.09. The third kappa shape index (κ3) is 6.39. The van der Waals surface area contributed by atoms with Gasteiger partial charge in [0.1, 0.15) is 11.5 Å². The van der Waals surface area contributed by atoms with Crippen LogP contribution in [-0.4, -0.2) is 23.5 Å². The van der Waals surface area contributed by atoms with Gasteiger partial charge in [-0.2, -0.15) is 0 Å². The Morgan fingerprint density at radius 3 is 1.06 bits per heavy atom. The summed E-state index contributed by atoms with van der Waals surface area (Å²) in [6.07, 6.45) is -0.345. The second-order valence-corrected chi connectivity index (χ2v) is 7.89. The molecular weight excluding hydrogens is 456 g/mol. The topological polar surface area (TPSA) is 86.7 Å². The van der Waals surface area contributed by atoms with Crippen LogP contribution in [0.2, 0.25) is 0 Å². The van der Waals surface area contributed by atoms with E-state index in [1.54, 1.807) is 72.8 Å². The van der Waals surface area contributed by atoms with Gasteiger partial charge >= 0.3 is 11.9 Å². The van der Waals surface area contributed by atoms with Gasteiger partial charge in [0.25, 0.3) is 0 Å². The van der Waals surface area contributed by atoms with E-state index >= 15 is 0 Å². The zero-order chi connectivity index (χ0) is 25.3. The van der Waals surface area contributed by atoms with E-state index in [1.165, 1.54) is 24.3 Å². The predicted molar refractivity (Wildman–Crippen MR) is 133 cm³/mol. The van der Waals surface area contributed by atoms with E-state index < -0.39 is 11.9 Å². The Morgan fingerprint density at radius 1 is 0.417 bits per heavy atom. The largest absolute Gasteiger partial charge is 0.427 e. The first kappa shape index (κ1) is 24.3. The number of hydrogen-bond acceptors (Lipinski definition) is 6. The van der Waals surface area contributed by atoms with Gasteiger partial charge in [-0.15, -0.1) is 0 Å². The van der Waals surface area contributed by atoms with Gasteiger partial charge < -0.3 is 9.47 Å². The average Bonchev–Trinajstić information content (AvgIpc) is 2.93. The Bertz CT molecular complexity index is 1250. The quantitative estimate of drug-likeness (QED) is 0.181. The first-order chi connectivity index (χ1) is 17.5. The van der Waals surface area contributed by atoms with Crippen LogP contribution in [0, 0.1) is 0 Å². The minimum atomic E-state index is -0.599. The highest BCUT2D eigenvalue weighted by atomic mass is 16.5.